The van der Waals surface area contributed by atoms with Crippen LogP contribution >= 0.6 is 24.8 Å². The zero-order valence-electron chi connectivity index (χ0n) is 16.0. The maximum atomic E-state index is 12.6. The van der Waals surface area contributed by atoms with Crippen molar-refractivity contribution in [3.8, 4) is 0 Å². The maximum Gasteiger partial charge on any atom is 0.287 e. The van der Waals surface area contributed by atoms with Crippen LogP contribution in [0.4, 0.5) is 0 Å². The molecule has 1 aliphatic heterocycles. The van der Waals surface area contributed by atoms with Crippen molar-refractivity contribution in [2.45, 2.75) is 13.0 Å². The first-order valence-corrected chi connectivity index (χ1v) is 9.01. The highest BCUT2D eigenvalue weighted by molar-refractivity contribution is 5.99. The van der Waals surface area contributed by atoms with Crippen LogP contribution in [0.1, 0.15) is 22.5 Å². The van der Waals surface area contributed by atoms with E-state index in [9.17, 15) is 4.79 Å². The number of carbonyl (C=O) groups is 1. The van der Waals surface area contributed by atoms with Crippen molar-refractivity contribution in [3.05, 3.63) is 35.6 Å². The van der Waals surface area contributed by atoms with E-state index in [0.717, 1.165) is 55.7 Å². The van der Waals surface area contributed by atoms with Crippen LogP contribution < -0.4 is 10.6 Å². The molecule has 0 saturated carbocycles. The van der Waals surface area contributed by atoms with E-state index in [-0.39, 0.29) is 30.7 Å². The number of para-hydroxylation sites is 1. The van der Waals surface area contributed by atoms with Crippen molar-refractivity contribution < 1.29 is 9.21 Å². The second kappa shape index (κ2) is 11.5. The Morgan fingerprint density at radius 2 is 1.93 bits per heavy atom. The van der Waals surface area contributed by atoms with Gasteiger partial charge in [0.05, 0.1) is 0 Å². The van der Waals surface area contributed by atoms with Crippen molar-refractivity contribution in [3.63, 3.8) is 0 Å². The third kappa shape index (κ3) is 6.36. The van der Waals surface area contributed by atoms with Crippen LogP contribution in [0.15, 0.2) is 28.7 Å². The highest BCUT2D eigenvalue weighted by atomic mass is 35.5. The second-order valence-corrected chi connectivity index (χ2v) is 6.84. The fourth-order valence-corrected chi connectivity index (χ4v) is 3.28. The van der Waals surface area contributed by atoms with Crippen LogP contribution in [0.25, 0.3) is 11.0 Å². The second-order valence-electron chi connectivity index (χ2n) is 6.84. The van der Waals surface area contributed by atoms with E-state index in [1.165, 1.54) is 0 Å². The molecule has 2 N–H and O–H groups in total. The van der Waals surface area contributed by atoms with Crippen LogP contribution in [0, 0.1) is 0 Å². The highest BCUT2D eigenvalue weighted by Gasteiger charge is 2.20. The Kier molecular flexibility index (Phi) is 10.1. The van der Waals surface area contributed by atoms with E-state index in [1.54, 1.807) is 0 Å². The van der Waals surface area contributed by atoms with Gasteiger partial charge in [-0.15, -0.1) is 24.8 Å². The molecule has 1 fully saturated rings. The van der Waals surface area contributed by atoms with Crippen LogP contribution in [-0.4, -0.2) is 69.1 Å². The summed E-state index contributed by atoms with van der Waals surface area (Å²) in [6, 6.07) is 7.83. The lowest BCUT2D eigenvalue weighted by Crippen LogP contribution is -2.44. The molecule has 27 heavy (non-hydrogen) atoms. The van der Waals surface area contributed by atoms with Gasteiger partial charge in [-0.25, -0.2) is 0 Å². The molecule has 2 aromatic rings. The number of rotatable bonds is 7. The number of carbonyl (C=O) groups excluding carboxylic acids is 1. The van der Waals surface area contributed by atoms with E-state index < -0.39 is 0 Å². The fraction of sp³-hybridized carbons (Fsp3) is 0.526. The van der Waals surface area contributed by atoms with Gasteiger partial charge in [-0.05, 0) is 33.1 Å². The lowest BCUT2D eigenvalue weighted by Gasteiger charge is -2.27. The van der Waals surface area contributed by atoms with Gasteiger partial charge in [-0.3, -0.25) is 4.79 Å². The monoisotopic (exact) mass is 416 g/mol. The summed E-state index contributed by atoms with van der Waals surface area (Å²) in [5, 5.41) is 7.39. The number of furan rings is 1. The molecule has 0 radical (unpaired) electrons. The number of hydrogen-bond donors (Lipinski definition) is 2. The highest BCUT2D eigenvalue weighted by Crippen LogP contribution is 2.26. The number of amides is 1. The van der Waals surface area contributed by atoms with Gasteiger partial charge in [-0.1, -0.05) is 18.2 Å². The van der Waals surface area contributed by atoms with Crippen LogP contribution in [0.5, 0.6) is 0 Å². The van der Waals surface area contributed by atoms with Crippen molar-refractivity contribution >= 4 is 41.7 Å². The molecule has 0 spiro atoms. The SMILES string of the molecule is CN(C)Cc1c(C(=O)NCCCN2CCNCC2)oc2ccccc12.Cl.Cl. The molecular formula is C19H30Cl2N4O2. The summed E-state index contributed by atoms with van der Waals surface area (Å²) >= 11 is 0. The molecule has 8 heteroatoms. The standard InChI is InChI=1S/C19H28N4O2.2ClH/c1-22(2)14-16-15-6-3-4-7-17(15)25-18(16)19(24)21-8-5-11-23-12-9-20-10-13-23;;/h3-4,6-7,20H,5,8-14H2,1-2H3,(H,21,24);2*1H. The summed E-state index contributed by atoms with van der Waals surface area (Å²) in [5.74, 6) is 0.324. The molecule has 1 amide bonds. The van der Waals surface area contributed by atoms with Gasteiger partial charge in [0.2, 0.25) is 0 Å². The molecule has 1 aromatic carbocycles. The summed E-state index contributed by atoms with van der Waals surface area (Å²) in [6.45, 7) is 6.65. The zero-order chi connectivity index (χ0) is 17.6. The third-order valence-electron chi connectivity index (χ3n) is 4.53. The van der Waals surface area contributed by atoms with Gasteiger partial charge in [0.15, 0.2) is 5.76 Å². The van der Waals surface area contributed by atoms with E-state index in [0.29, 0.717) is 18.8 Å². The van der Waals surface area contributed by atoms with Crippen molar-refractivity contribution in [2.75, 3.05) is 53.4 Å². The molecule has 0 atom stereocenters. The topological polar surface area (TPSA) is 60.8 Å². The molecule has 0 unspecified atom stereocenters. The van der Waals surface area contributed by atoms with E-state index in [2.05, 4.69) is 20.4 Å². The molecule has 0 aliphatic carbocycles. The first kappa shape index (κ1) is 23.7. The van der Waals surface area contributed by atoms with Crippen molar-refractivity contribution in [1.82, 2.24) is 20.4 Å². The van der Waals surface area contributed by atoms with Gasteiger partial charge in [0, 0.05) is 50.2 Å². The Hall–Kier alpha value is -1.31. The summed E-state index contributed by atoms with van der Waals surface area (Å²) in [4.78, 5) is 17.1. The molecule has 2 heterocycles. The lowest BCUT2D eigenvalue weighted by molar-refractivity contribution is 0.0923. The van der Waals surface area contributed by atoms with Crippen molar-refractivity contribution in [2.24, 2.45) is 0 Å². The predicted octanol–water partition coefficient (Wildman–Crippen LogP) is 2.36. The first-order valence-electron chi connectivity index (χ1n) is 9.01. The third-order valence-corrected chi connectivity index (χ3v) is 4.53. The number of halogens is 2. The minimum atomic E-state index is -0.117. The number of piperazine rings is 1. The quantitative estimate of drug-likeness (QED) is 0.678. The summed E-state index contributed by atoms with van der Waals surface area (Å²) in [7, 11) is 3.99. The molecular weight excluding hydrogens is 387 g/mol. The normalized spacial score (nSPS) is 14.6. The molecule has 6 nitrogen and oxygen atoms in total. The maximum absolute atomic E-state index is 12.6. The Balaban J connectivity index is 0.00000182. The molecule has 152 valence electrons. The average molecular weight is 417 g/mol. The van der Waals surface area contributed by atoms with Gasteiger partial charge >= 0.3 is 0 Å². The summed E-state index contributed by atoms with van der Waals surface area (Å²) in [5.41, 5.74) is 1.73. The van der Waals surface area contributed by atoms with Gasteiger partial charge in [0.1, 0.15) is 5.58 Å². The van der Waals surface area contributed by atoms with Gasteiger partial charge in [0.25, 0.3) is 5.91 Å². The van der Waals surface area contributed by atoms with Gasteiger partial charge < -0.3 is 24.9 Å². The number of fused-ring (bicyclic) bond motifs is 1. The molecule has 1 saturated heterocycles. The summed E-state index contributed by atoms with van der Waals surface area (Å²) in [6.07, 6.45) is 0.953. The number of nitrogens with zero attached hydrogens (tertiary/aromatic N) is 2. The Morgan fingerprint density at radius 1 is 1.22 bits per heavy atom. The largest absolute Gasteiger partial charge is 0.451 e. The van der Waals surface area contributed by atoms with Gasteiger partial charge in [-0.2, -0.15) is 0 Å². The minimum Gasteiger partial charge on any atom is -0.451 e. The van der Waals surface area contributed by atoms with E-state index in [4.69, 9.17) is 4.42 Å². The molecule has 0 bridgehead atoms. The predicted molar refractivity (Wildman–Crippen MR) is 114 cm³/mol. The number of benzene rings is 1. The Bertz CT molecular complexity index is 715. The average Bonchev–Trinajstić information content (AvgIpc) is 2.98. The molecule has 1 aromatic heterocycles. The van der Waals surface area contributed by atoms with E-state index >= 15 is 0 Å². The van der Waals surface area contributed by atoms with Crippen LogP contribution in [0.3, 0.4) is 0 Å². The zero-order valence-corrected chi connectivity index (χ0v) is 17.6. The lowest BCUT2D eigenvalue weighted by atomic mass is 10.1. The van der Waals surface area contributed by atoms with Crippen LogP contribution in [0.2, 0.25) is 0 Å². The first-order chi connectivity index (χ1) is 12.1. The number of hydrogen-bond acceptors (Lipinski definition) is 5. The number of nitrogens with one attached hydrogen (secondary N) is 2. The van der Waals surface area contributed by atoms with Crippen molar-refractivity contribution in [1.29, 1.82) is 0 Å². The fourth-order valence-electron chi connectivity index (χ4n) is 3.28. The smallest absolute Gasteiger partial charge is 0.287 e. The van der Waals surface area contributed by atoms with E-state index in [1.807, 2.05) is 38.4 Å². The van der Waals surface area contributed by atoms with Crippen LogP contribution in [-0.2, 0) is 6.54 Å². The summed E-state index contributed by atoms with van der Waals surface area (Å²) < 4.78 is 5.85. The molecule has 1 aliphatic rings. The Labute approximate surface area is 173 Å². The Morgan fingerprint density at radius 3 is 2.63 bits per heavy atom. The minimum absolute atomic E-state index is 0. The molecule has 3 rings (SSSR count).